The van der Waals surface area contributed by atoms with Crippen molar-refractivity contribution >= 4 is 5.69 Å². The Morgan fingerprint density at radius 1 is 1.36 bits per heavy atom. The molecule has 0 aromatic heterocycles. The summed E-state index contributed by atoms with van der Waals surface area (Å²) in [6.45, 7) is 2.93. The maximum absolute atomic E-state index is 13.4. The van der Waals surface area contributed by atoms with Crippen LogP contribution in [0, 0.1) is 11.6 Å². The van der Waals surface area contributed by atoms with Crippen molar-refractivity contribution in [3.05, 3.63) is 29.8 Å². The molecule has 1 unspecified atom stereocenters. The fourth-order valence-corrected chi connectivity index (χ4v) is 2.01. The highest BCUT2D eigenvalue weighted by Crippen LogP contribution is 2.27. The Hall–Kier alpha value is -1.12. The smallest absolute Gasteiger partial charge is 0.149 e. The zero-order valence-corrected chi connectivity index (χ0v) is 8.13. The molecular weight excluding hydrogens is 184 g/mol. The van der Waals surface area contributed by atoms with Crippen LogP contribution in [-0.2, 0) is 0 Å². The summed E-state index contributed by atoms with van der Waals surface area (Å²) in [6.07, 6.45) is 2.16. The quantitative estimate of drug-likeness (QED) is 0.669. The maximum atomic E-state index is 13.4. The van der Waals surface area contributed by atoms with Crippen molar-refractivity contribution in [3.8, 4) is 0 Å². The van der Waals surface area contributed by atoms with Gasteiger partial charge in [0.2, 0.25) is 0 Å². The fraction of sp³-hybridized carbons (Fsp3) is 0.455. The molecule has 1 saturated heterocycles. The number of benzene rings is 1. The van der Waals surface area contributed by atoms with E-state index in [1.54, 1.807) is 0 Å². The van der Waals surface area contributed by atoms with Crippen LogP contribution in [0.2, 0.25) is 0 Å². The maximum Gasteiger partial charge on any atom is 0.149 e. The average Bonchev–Trinajstić information content (AvgIpc) is 2.52. The number of nitrogens with zero attached hydrogens (tertiary/aromatic N) is 1. The minimum atomic E-state index is -0.516. The monoisotopic (exact) mass is 197 g/mol. The predicted octanol–water partition coefficient (Wildman–Crippen LogP) is 2.95. The summed E-state index contributed by atoms with van der Waals surface area (Å²) in [4.78, 5) is 1.99. The minimum absolute atomic E-state index is 0.356. The van der Waals surface area contributed by atoms with E-state index in [0.717, 1.165) is 25.5 Å². The van der Waals surface area contributed by atoms with Crippen molar-refractivity contribution in [2.75, 3.05) is 11.4 Å². The lowest BCUT2D eigenvalue weighted by atomic mass is 10.2. The molecule has 1 nitrogen and oxygen atoms in total. The molecule has 1 aromatic carbocycles. The van der Waals surface area contributed by atoms with Gasteiger partial charge < -0.3 is 4.90 Å². The average molecular weight is 197 g/mol. The van der Waals surface area contributed by atoms with Crippen LogP contribution in [0.15, 0.2) is 18.2 Å². The Balaban J connectivity index is 2.31. The van der Waals surface area contributed by atoms with Gasteiger partial charge in [0, 0.05) is 18.7 Å². The third-order valence-electron chi connectivity index (χ3n) is 2.77. The fourth-order valence-electron chi connectivity index (χ4n) is 2.01. The van der Waals surface area contributed by atoms with Crippen molar-refractivity contribution in [2.24, 2.45) is 0 Å². The van der Waals surface area contributed by atoms with Gasteiger partial charge in [-0.1, -0.05) is 0 Å². The highest BCUT2D eigenvalue weighted by Gasteiger charge is 2.22. The van der Waals surface area contributed by atoms with Gasteiger partial charge in [-0.25, -0.2) is 8.78 Å². The second kappa shape index (κ2) is 3.56. The van der Waals surface area contributed by atoms with Gasteiger partial charge in [-0.15, -0.1) is 0 Å². The van der Waals surface area contributed by atoms with Gasteiger partial charge in [0.05, 0.1) is 5.69 Å². The van der Waals surface area contributed by atoms with Gasteiger partial charge in [-0.05, 0) is 31.9 Å². The largest absolute Gasteiger partial charge is 0.366 e. The Kier molecular flexibility index (Phi) is 2.40. The summed E-state index contributed by atoms with van der Waals surface area (Å²) in [5, 5.41) is 0. The van der Waals surface area contributed by atoms with Gasteiger partial charge >= 0.3 is 0 Å². The molecule has 76 valence electrons. The van der Waals surface area contributed by atoms with Gasteiger partial charge in [-0.3, -0.25) is 0 Å². The molecule has 0 aliphatic carbocycles. The summed E-state index contributed by atoms with van der Waals surface area (Å²) in [6, 6.07) is 4.13. The molecule has 1 aromatic rings. The second-order valence-corrected chi connectivity index (χ2v) is 3.78. The Morgan fingerprint density at radius 3 is 2.71 bits per heavy atom. The van der Waals surface area contributed by atoms with Crippen LogP contribution < -0.4 is 4.90 Å². The van der Waals surface area contributed by atoms with Crippen LogP contribution >= 0.6 is 0 Å². The zero-order valence-electron chi connectivity index (χ0n) is 8.13. The number of rotatable bonds is 1. The van der Waals surface area contributed by atoms with E-state index >= 15 is 0 Å². The molecule has 0 spiro atoms. The summed E-state index contributed by atoms with van der Waals surface area (Å²) in [5.74, 6) is -0.975. The lowest BCUT2D eigenvalue weighted by Crippen LogP contribution is -2.27. The Morgan fingerprint density at radius 2 is 2.14 bits per heavy atom. The molecule has 0 N–H and O–H groups in total. The minimum Gasteiger partial charge on any atom is -0.366 e. The van der Waals surface area contributed by atoms with E-state index in [4.69, 9.17) is 0 Å². The molecular formula is C11H13F2N. The van der Waals surface area contributed by atoms with Crippen LogP contribution in [0.3, 0.4) is 0 Å². The standard InChI is InChI=1S/C11H13F2N/c1-8-3-2-6-14(8)11-5-4-9(12)7-10(11)13/h4-5,7-8H,2-3,6H2,1H3. The van der Waals surface area contributed by atoms with E-state index in [2.05, 4.69) is 6.92 Å². The molecule has 14 heavy (non-hydrogen) atoms. The van der Waals surface area contributed by atoms with Gasteiger partial charge in [-0.2, -0.15) is 0 Å². The van der Waals surface area contributed by atoms with E-state index in [-0.39, 0.29) is 0 Å². The van der Waals surface area contributed by atoms with E-state index in [1.807, 2.05) is 4.90 Å². The topological polar surface area (TPSA) is 3.24 Å². The molecule has 1 fully saturated rings. The van der Waals surface area contributed by atoms with E-state index in [9.17, 15) is 8.78 Å². The van der Waals surface area contributed by atoms with Crippen LogP contribution in [0.5, 0.6) is 0 Å². The lowest BCUT2D eigenvalue weighted by molar-refractivity contribution is 0.577. The van der Waals surface area contributed by atoms with Gasteiger partial charge in [0.25, 0.3) is 0 Å². The van der Waals surface area contributed by atoms with Crippen LogP contribution in [-0.4, -0.2) is 12.6 Å². The third-order valence-corrected chi connectivity index (χ3v) is 2.77. The number of hydrogen-bond acceptors (Lipinski definition) is 1. The third kappa shape index (κ3) is 1.59. The van der Waals surface area contributed by atoms with Crippen molar-refractivity contribution in [1.82, 2.24) is 0 Å². The molecule has 0 radical (unpaired) electrons. The SMILES string of the molecule is CC1CCCN1c1ccc(F)cc1F. The molecule has 0 bridgehead atoms. The second-order valence-electron chi connectivity index (χ2n) is 3.78. The van der Waals surface area contributed by atoms with Gasteiger partial charge in [0.15, 0.2) is 0 Å². The van der Waals surface area contributed by atoms with Crippen molar-refractivity contribution < 1.29 is 8.78 Å². The van der Waals surface area contributed by atoms with E-state index in [0.29, 0.717) is 11.7 Å². The highest BCUT2D eigenvalue weighted by atomic mass is 19.1. The molecule has 2 rings (SSSR count). The molecule has 3 heteroatoms. The highest BCUT2D eigenvalue weighted by molar-refractivity contribution is 5.49. The predicted molar refractivity (Wildman–Crippen MR) is 52.4 cm³/mol. The Bertz CT molecular complexity index is 338. The molecule has 1 aliphatic rings. The first-order chi connectivity index (χ1) is 6.68. The van der Waals surface area contributed by atoms with E-state index < -0.39 is 11.6 Å². The first-order valence-electron chi connectivity index (χ1n) is 4.90. The van der Waals surface area contributed by atoms with Crippen LogP contribution in [0.1, 0.15) is 19.8 Å². The Labute approximate surface area is 82.3 Å². The lowest BCUT2D eigenvalue weighted by Gasteiger charge is -2.24. The zero-order chi connectivity index (χ0) is 10.1. The van der Waals surface area contributed by atoms with Crippen molar-refractivity contribution in [1.29, 1.82) is 0 Å². The molecule has 0 saturated carbocycles. The number of anilines is 1. The molecule has 1 aliphatic heterocycles. The van der Waals surface area contributed by atoms with Crippen LogP contribution in [0.25, 0.3) is 0 Å². The molecule has 1 atom stereocenters. The van der Waals surface area contributed by atoms with Crippen molar-refractivity contribution in [3.63, 3.8) is 0 Å². The summed E-state index contributed by atoms with van der Waals surface area (Å²) >= 11 is 0. The summed E-state index contributed by atoms with van der Waals surface area (Å²) in [5.41, 5.74) is 0.524. The summed E-state index contributed by atoms with van der Waals surface area (Å²) in [7, 11) is 0. The normalized spacial score (nSPS) is 21.6. The van der Waals surface area contributed by atoms with Crippen LogP contribution in [0.4, 0.5) is 14.5 Å². The van der Waals surface area contributed by atoms with E-state index in [1.165, 1.54) is 12.1 Å². The van der Waals surface area contributed by atoms with Gasteiger partial charge in [0.1, 0.15) is 11.6 Å². The summed E-state index contributed by atoms with van der Waals surface area (Å²) < 4.78 is 26.1. The molecule has 1 heterocycles. The number of halogens is 2. The van der Waals surface area contributed by atoms with Crippen molar-refractivity contribution in [2.45, 2.75) is 25.8 Å². The first-order valence-corrected chi connectivity index (χ1v) is 4.90. The number of hydrogen-bond donors (Lipinski definition) is 0. The first kappa shape index (κ1) is 9.44. The molecule has 0 amide bonds.